The van der Waals surface area contributed by atoms with Crippen molar-refractivity contribution in [3.8, 4) is 11.4 Å². The van der Waals surface area contributed by atoms with E-state index in [2.05, 4.69) is 30.5 Å². The Morgan fingerprint density at radius 2 is 2.11 bits per heavy atom. The maximum absolute atomic E-state index is 13.1. The molecule has 0 bridgehead atoms. The molecule has 0 aliphatic carbocycles. The normalized spacial score (nSPS) is 13.1. The van der Waals surface area contributed by atoms with E-state index in [0.29, 0.717) is 29.1 Å². The summed E-state index contributed by atoms with van der Waals surface area (Å²) in [7, 11) is 0. The first kappa shape index (κ1) is 17.0. The Kier molecular flexibility index (Phi) is 4.69. The molecule has 0 saturated carbocycles. The van der Waals surface area contributed by atoms with Gasteiger partial charge in [0, 0.05) is 37.2 Å². The van der Waals surface area contributed by atoms with E-state index in [-0.39, 0.29) is 11.7 Å². The number of fused-ring (bicyclic) bond motifs is 1. The topological polar surface area (TPSA) is 85.9 Å². The van der Waals surface area contributed by atoms with Crippen LogP contribution in [0.3, 0.4) is 0 Å². The number of H-pyrrole nitrogens is 1. The van der Waals surface area contributed by atoms with Crippen molar-refractivity contribution in [3.05, 3.63) is 60.3 Å². The van der Waals surface area contributed by atoms with Crippen molar-refractivity contribution in [3.63, 3.8) is 0 Å². The number of rotatable bonds is 6. The minimum absolute atomic E-state index is 0.186. The van der Waals surface area contributed by atoms with Crippen LogP contribution < -0.4 is 10.6 Å². The summed E-state index contributed by atoms with van der Waals surface area (Å²) >= 11 is 0. The Balaban J connectivity index is 1.46. The van der Waals surface area contributed by atoms with Crippen LogP contribution in [0.4, 0.5) is 4.39 Å². The van der Waals surface area contributed by atoms with Gasteiger partial charge in [-0.05, 0) is 36.8 Å². The van der Waals surface area contributed by atoms with Gasteiger partial charge in [-0.25, -0.2) is 14.4 Å². The van der Waals surface area contributed by atoms with E-state index in [4.69, 9.17) is 0 Å². The van der Waals surface area contributed by atoms with Crippen LogP contribution in [0.2, 0.25) is 0 Å². The Bertz CT molecular complexity index is 982. The molecule has 1 aliphatic heterocycles. The molecule has 1 amide bonds. The summed E-state index contributed by atoms with van der Waals surface area (Å²) in [6.07, 6.45) is 6.31. The summed E-state index contributed by atoms with van der Waals surface area (Å²) in [5.41, 5.74) is 2.22. The number of hydrogen-bond acceptors (Lipinski definition) is 5. The lowest BCUT2D eigenvalue weighted by atomic mass is 10.2. The lowest BCUT2D eigenvalue weighted by Gasteiger charge is -2.14. The van der Waals surface area contributed by atoms with Crippen molar-refractivity contribution in [1.82, 2.24) is 30.5 Å². The Morgan fingerprint density at radius 1 is 1.26 bits per heavy atom. The van der Waals surface area contributed by atoms with Crippen molar-refractivity contribution in [2.24, 2.45) is 0 Å². The van der Waals surface area contributed by atoms with Crippen LogP contribution in [0.25, 0.3) is 22.6 Å². The molecule has 1 aromatic carbocycles. The number of nitrogens with one attached hydrogen (secondary N) is 3. The zero-order valence-corrected chi connectivity index (χ0v) is 14.6. The molecular formula is C19H19FN6O. The second-order valence-electron chi connectivity index (χ2n) is 6.25. The number of aromatic amines is 1. The number of halogens is 1. The average Bonchev–Trinajstić information content (AvgIpc) is 3.34. The highest BCUT2D eigenvalue weighted by Crippen LogP contribution is 2.21. The van der Waals surface area contributed by atoms with Crippen LogP contribution in [0.5, 0.6) is 0 Å². The molecule has 0 saturated heterocycles. The van der Waals surface area contributed by atoms with Gasteiger partial charge in [-0.15, -0.1) is 0 Å². The number of carbonyl (C=O) groups is 1. The first-order valence-corrected chi connectivity index (χ1v) is 8.74. The fraction of sp³-hybridized carbons (Fsp3) is 0.211. The Hall–Kier alpha value is -3.42. The first-order valence-electron chi connectivity index (χ1n) is 8.74. The highest BCUT2D eigenvalue weighted by Gasteiger charge is 2.15. The van der Waals surface area contributed by atoms with E-state index < -0.39 is 0 Å². The predicted molar refractivity (Wildman–Crippen MR) is 100 cm³/mol. The van der Waals surface area contributed by atoms with Gasteiger partial charge >= 0.3 is 0 Å². The Morgan fingerprint density at radius 3 is 2.89 bits per heavy atom. The number of benzene rings is 1. The third kappa shape index (κ3) is 3.74. The standard InChI is InChI=1S/C19H19FN6O/c20-14-4-2-13(3-5-14)17-24-16-15(6-8-22-18(16)25-17)19(27)23-7-1-10-26-11-9-21-12-26/h2-6,8-9,11,21H,1,7,10,12H2,(H,23,27)(H,22,24,25). The molecule has 0 atom stereocenters. The number of carbonyl (C=O) groups excluding carboxylic acids is 1. The maximum atomic E-state index is 13.1. The van der Waals surface area contributed by atoms with Gasteiger partial charge in [0.25, 0.3) is 5.91 Å². The second-order valence-corrected chi connectivity index (χ2v) is 6.25. The minimum Gasteiger partial charge on any atom is -0.373 e. The molecule has 3 aromatic rings. The highest BCUT2D eigenvalue weighted by atomic mass is 19.1. The van der Waals surface area contributed by atoms with Crippen molar-refractivity contribution >= 4 is 17.1 Å². The summed E-state index contributed by atoms with van der Waals surface area (Å²) in [5.74, 6) is 0.0500. The number of imidazole rings is 1. The van der Waals surface area contributed by atoms with Gasteiger partial charge in [-0.3, -0.25) is 4.79 Å². The molecule has 4 rings (SSSR count). The molecular weight excluding hydrogens is 347 g/mol. The number of hydrogen-bond donors (Lipinski definition) is 3. The average molecular weight is 366 g/mol. The third-order valence-corrected chi connectivity index (χ3v) is 4.35. The van der Waals surface area contributed by atoms with E-state index in [1.54, 1.807) is 24.4 Å². The van der Waals surface area contributed by atoms with Gasteiger partial charge in [0.15, 0.2) is 5.65 Å². The first-order chi connectivity index (χ1) is 13.2. The van der Waals surface area contributed by atoms with Crippen molar-refractivity contribution in [2.75, 3.05) is 19.8 Å². The van der Waals surface area contributed by atoms with E-state index in [9.17, 15) is 9.18 Å². The summed E-state index contributed by atoms with van der Waals surface area (Å²) in [5, 5.41) is 6.04. The predicted octanol–water partition coefficient (Wildman–Crippen LogP) is 2.22. The number of amides is 1. The van der Waals surface area contributed by atoms with Crippen LogP contribution >= 0.6 is 0 Å². The molecule has 3 heterocycles. The van der Waals surface area contributed by atoms with Crippen molar-refractivity contribution < 1.29 is 9.18 Å². The smallest absolute Gasteiger partial charge is 0.253 e. The maximum Gasteiger partial charge on any atom is 0.253 e. The van der Waals surface area contributed by atoms with E-state index >= 15 is 0 Å². The van der Waals surface area contributed by atoms with E-state index in [1.165, 1.54) is 12.1 Å². The van der Waals surface area contributed by atoms with Gasteiger partial charge in [0.05, 0.1) is 12.2 Å². The van der Waals surface area contributed by atoms with Crippen LogP contribution in [-0.4, -0.2) is 45.5 Å². The monoisotopic (exact) mass is 366 g/mol. The van der Waals surface area contributed by atoms with E-state index in [0.717, 1.165) is 25.2 Å². The molecule has 138 valence electrons. The number of nitrogens with zero attached hydrogens (tertiary/aromatic N) is 3. The number of aromatic nitrogens is 3. The SMILES string of the molecule is O=C(NCCCN1C=CNC1)c1ccnc2[nH]c(-c3ccc(F)cc3)nc12. The van der Waals surface area contributed by atoms with Gasteiger partial charge in [-0.1, -0.05) is 0 Å². The van der Waals surface area contributed by atoms with Crippen LogP contribution in [0.15, 0.2) is 48.9 Å². The molecule has 0 fully saturated rings. The van der Waals surface area contributed by atoms with Crippen LogP contribution in [0.1, 0.15) is 16.8 Å². The Labute approximate surface area is 155 Å². The second kappa shape index (κ2) is 7.45. The minimum atomic E-state index is -0.312. The zero-order valence-electron chi connectivity index (χ0n) is 14.6. The lowest BCUT2D eigenvalue weighted by Crippen LogP contribution is -2.28. The fourth-order valence-corrected chi connectivity index (χ4v) is 2.95. The molecule has 3 N–H and O–H groups in total. The fourth-order valence-electron chi connectivity index (χ4n) is 2.95. The molecule has 0 radical (unpaired) electrons. The van der Waals surface area contributed by atoms with Gasteiger partial charge in [0.1, 0.15) is 17.2 Å². The summed E-state index contributed by atoms with van der Waals surface area (Å²) in [6, 6.07) is 7.66. The summed E-state index contributed by atoms with van der Waals surface area (Å²) < 4.78 is 13.1. The number of pyridine rings is 1. The summed E-state index contributed by atoms with van der Waals surface area (Å²) in [6.45, 7) is 2.24. The zero-order chi connectivity index (χ0) is 18.6. The molecule has 2 aromatic heterocycles. The molecule has 1 aliphatic rings. The van der Waals surface area contributed by atoms with Gasteiger partial charge in [-0.2, -0.15) is 0 Å². The van der Waals surface area contributed by atoms with Crippen molar-refractivity contribution in [1.29, 1.82) is 0 Å². The molecule has 8 heteroatoms. The largest absolute Gasteiger partial charge is 0.373 e. The lowest BCUT2D eigenvalue weighted by molar-refractivity contribution is 0.0954. The van der Waals surface area contributed by atoms with E-state index in [1.807, 2.05) is 12.4 Å². The van der Waals surface area contributed by atoms with Crippen LogP contribution in [0, 0.1) is 5.82 Å². The molecule has 0 spiro atoms. The molecule has 0 unspecified atom stereocenters. The quantitative estimate of drug-likeness (QED) is 0.583. The third-order valence-electron chi connectivity index (χ3n) is 4.35. The van der Waals surface area contributed by atoms with Crippen molar-refractivity contribution in [2.45, 2.75) is 6.42 Å². The van der Waals surface area contributed by atoms with Gasteiger partial charge in [0.2, 0.25) is 0 Å². The highest BCUT2D eigenvalue weighted by molar-refractivity contribution is 6.04. The van der Waals surface area contributed by atoms with Crippen LogP contribution in [-0.2, 0) is 0 Å². The molecule has 27 heavy (non-hydrogen) atoms. The molecule has 7 nitrogen and oxygen atoms in total. The summed E-state index contributed by atoms with van der Waals surface area (Å²) in [4.78, 5) is 26.5. The van der Waals surface area contributed by atoms with Gasteiger partial charge < -0.3 is 20.5 Å².